The van der Waals surface area contributed by atoms with E-state index in [1.54, 1.807) is 22.6 Å². The summed E-state index contributed by atoms with van der Waals surface area (Å²) in [5, 5.41) is 10.1. The van der Waals surface area contributed by atoms with Gasteiger partial charge in [-0.2, -0.15) is 13.2 Å². The first-order valence-corrected chi connectivity index (χ1v) is 6.14. The van der Waals surface area contributed by atoms with E-state index in [0.717, 1.165) is 18.2 Å². The first kappa shape index (κ1) is 16.7. The van der Waals surface area contributed by atoms with E-state index in [4.69, 9.17) is 5.11 Å². The van der Waals surface area contributed by atoms with Gasteiger partial charge >= 0.3 is 12.1 Å². The number of amides is 1. The van der Waals surface area contributed by atoms with E-state index in [9.17, 15) is 27.2 Å². The molecule has 0 saturated heterocycles. The molecular weight excluding hydrogens is 397 g/mol. The fourth-order valence-corrected chi connectivity index (χ4v) is 1.94. The standard InChI is InChI=1S/C11H8F4INO3/c1-10(9(19)20,11(13,14)15)17-8(18)6-3-2-5(12)4-7(6)16/h2-4H,1H3,(H,17,18)(H,19,20). The van der Waals surface area contributed by atoms with Crippen LogP contribution in [0.2, 0.25) is 0 Å². The highest BCUT2D eigenvalue weighted by atomic mass is 127. The first-order chi connectivity index (χ1) is 8.99. The molecule has 1 amide bonds. The van der Waals surface area contributed by atoms with Crippen LogP contribution in [0.15, 0.2) is 18.2 Å². The predicted molar refractivity (Wildman–Crippen MR) is 68.7 cm³/mol. The second-order valence-corrected chi connectivity index (χ2v) is 5.17. The molecule has 0 aromatic heterocycles. The fraction of sp³-hybridized carbons (Fsp3) is 0.273. The van der Waals surface area contributed by atoms with Crippen LogP contribution in [0.3, 0.4) is 0 Å². The van der Waals surface area contributed by atoms with Crippen LogP contribution in [0.4, 0.5) is 17.6 Å². The van der Waals surface area contributed by atoms with Crippen molar-refractivity contribution in [1.29, 1.82) is 0 Å². The molecule has 0 aliphatic carbocycles. The minimum atomic E-state index is -5.18. The third-order valence-electron chi connectivity index (χ3n) is 2.53. The molecule has 2 N–H and O–H groups in total. The Morgan fingerprint density at radius 1 is 1.30 bits per heavy atom. The number of carboxylic acids is 1. The number of hydrogen-bond acceptors (Lipinski definition) is 2. The maximum Gasteiger partial charge on any atom is 0.422 e. The van der Waals surface area contributed by atoms with Crippen LogP contribution >= 0.6 is 22.6 Å². The molecule has 0 bridgehead atoms. The normalized spacial score (nSPS) is 14.5. The van der Waals surface area contributed by atoms with E-state index in [0.29, 0.717) is 6.92 Å². The van der Waals surface area contributed by atoms with Crippen LogP contribution in [0.25, 0.3) is 0 Å². The highest BCUT2D eigenvalue weighted by Gasteiger charge is 2.58. The molecule has 110 valence electrons. The van der Waals surface area contributed by atoms with Gasteiger partial charge in [-0.15, -0.1) is 0 Å². The number of halogens is 5. The topological polar surface area (TPSA) is 66.4 Å². The summed E-state index contributed by atoms with van der Waals surface area (Å²) < 4.78 is 51.1. The van der Waals surface area contributed by atoms with Gasteiger partial charge in [-0.1, -0.05) is 0 Å². The lowest BCUT2D eigenvalue weighted by molar-refractivity contribution is -0.203. The summed E-state index contributed by atoms with van der Waals surface area (Å²) in [4.78, 5) is 22.5. The minimum absolute atomic E-state index is 0.0648. The van der Waals surface area contributed by atoms with Gasteiger partial charge in [0.05, 0.1) is 5.56 Å². The summed E-state index contributed by atoms with van der Waals surface area (Å²) in [5.74, 6) is -4.16. The van der Waals surface area contributed by atoms with Crippen LogP contribution < -0.4 is 5.32 Å². The Bertz CT molecular complexity index is 561. The van der Waals surface area contributed by atoms with Crippen molar-refractivity contribution in [3.05, 3.63) is 33.1 Å². The second kappa shape index (κ2) is 5.54. The summed E-state index contributed by atoms with van der Waals surface area (Å²) in [6.45, 7) is 0.337. The van der Waals surface area contributed by atoms with Crippen LogP contribution in [0, 0.1) is 9.39 Å². The van der Waals surface area contributed by atoms with Gasteiger partial charge < -0.3 is 10.4 Å². The van der Waals surface area contributed by atoms with Crippen molar-refractivity contribution in [3.8, 4) is 0 Å². The number of alkyl halides is 3. The van der Waals surface area contributed by atoms with Crippen LogP contribution in [-0.2, 0) is 4.79 Å². The van der Waals surface area contributed by atoms with E-state index in [2.05, 4.69) is 0 Å². The van der Waals surface area contributed by atoms with Gasteiger partial charge in [0.15, 0.2) is 0 Å². The van der Waals surface area contributed by atoms with Crippen molar-refractivity contribution in [2.24, 2.45) is 0 Å². The van der Waals surface area contributed by atoms with Gasteiger partial charge in [-0.05, 0) is 47.7 Å². The third-order valence-corrected chi connectivity index (χ3v) is 3.43. The minimum Gasteiger partial charge on any atom is -0.479 e. The average molecular weight is 405 g/mol. The smallest absolute Gasteiger partial charge is 0.422 e. The lowest BCUT2D eigenvalue weighted by Gasteiger charge is -2.28. The van der Waals surface area contributed by atoms with E-state index in [1.807, 2.05) is 0 Å². The number of nitrogens with one attached hydrogen (secondary N) is 1. The average Bonchev–Trinajstić information content (AvgIpc) is 2.26. The summed E-state index contributed by atoms with van der Waals surface area (Å²) >= 11 is 1.56. The molecule has 1 aromatic rings. The molecule has 0 aliphatic rings. The Morgan fingerprint density at radius 2 is 1.85 bits per heavy atom. The van der Waals surface area contributed by atoms with E-state index in [1.165, 1.54) is 5.32 Å². The predicted octanol–water partition coefficient (Wildman–Crippen LogP) is 2.57. The van der Waals surface area contributed by atoms with Crippen LogP contribution in [-0.4, -0.2) is 28.7 Å². The lowest BCUT2D eigenvalue weighted by atomic mass is 10.0. The summed E-state index contributed by atoms with van der Waals surface area (Å²) in [6.07, 6.45) is -5.18. The van der Waals surface area contributed by atoms with E-state index >= 15 is 0 Å². The Balaban J connectivity index is 3.13. The monoisotopic (exact) mass is 405 g/mol. The number of benzene rings is 1. The molecule has 20 heavy (non-hydrogen) atoms. The maximum atomic E-state index is 12.9. The first-order valence-electron chi connectivity index (χ1n) is 5.06. The van der Waals surface area contributed by atoms with Crippen molar-refractivity contribution < 1.29 is 32.3 Å². The molecule has 1 rings (SSSR count). The number of aliphatic carboxylic acids is 1. The van der Waals surface area contributed by atoms with Gasteiger partial charge in [0.1, 0.15) is 5.82 Å². The molecule has 1 aromatic carbocycles. The number of carbonyl (C=O) groups excluding carboxylic acids is 1. The summed E-state index contributed by atoms with van der Waals surface area (Å²) in [5.41, 5.74) is -3.68. The molecule has 0 fully saturated rings. The van der Waals surface area contributed by atoms with Crippen LogP contribution in [0.5, 0.6) is 0 Å². The Kier molecular flexibility index (Phi) is 4.62. The SMILES string of the molecule is CC(NC(=O)c1ccc(F)cc1I)(C(=O)O)C(F)(F)F. The van der Waals surface area contributed by atoms with Gasteiger partial charge in [-0.25, -0.2) is 9.18 Å². The molecule has 1 atom stereocenters. The van der Waals surface area contributed by atoms with Crippen molar-refractivity contribution >= 4 is 34.5 Å². The van der Waals surface area contributed by atoms with Gasteiger partial charge in [0.25, 0.3) is 5.91 Å². The quantitative estimate of drug-likeness (QED) is 0.601. The molecule has 0 aliphatic heterocycles. The molecule has 0 heterocycles. The zero-order chi connectivity index (χ0) is 15.7. The largest absolute Gasteiger partial charge is 0.479 e. The highest BCUT2D eigenvalue weighted by Crippen LogP contribution is 2.31. The number of rotatable bonds is 3. The Hall–Kier alpha value is -1.39. The number of hydrogen-bond donors (Lipinski definition) is 2. The summed E-state index contributed by atoms with van der Waals surface area (Å²) in [7, 11) is 0. The number of carboxylic acid groups (broad SMARTS) is 1. The molecule has 0 radical (unpaired) electrons. The second-order valence-electron chi connectivity index (χ2n) is 4.01. The number of carbonyl (C=O) groups is 2. The molecule has 9 heteroatoms. The Morgan fingerprint density at radius 3 is 2.25 bits per heavy atom. The van der Waals surface area contributed by atoms with Gasteiger partial charge in [-0.3, -0.25) is 4.79 Å². The maximum absolute atomic E-state index is 12.9. The third kappa shape index (κ3) is 3.19. The molecule has 1 unspecified atom stereocenters. The van der Waals surface area contributed by atoms with Gasteiger partial charge in [0, 0.05) is 3.57 Å². The van der Waals surface area contributed by atoms with Crippen molar-refractivity contribution in [1.82, 2.24) is 5.32 Å². The zero-order valence-corrected chi connectivity index (χ0v) is 12.0. The zero-order valence-electron chi connectivity index (χ0n) is 9.89. The van der Waals surface area contributed by atoms with Crippen LogP contribution in [0.1, 0.15) is 17.3 Å². The van der Waals surface area contributed by atoms with E-state index < -0.39 is 29.4 Å². The molecule has 0 spiro atoms. The van der Waals surface area contributed by atoms with Crippen molar-refractivity contribution in [3.63, 3.8) is 0 Å². The lowest BCUT2D eigenvalue weighted by Crippen LogP contribution is -2.62. The molecule has 0 saturated carbocycles. The molecule has 4 nitrogen and oxygen atoms in total. The van der Waals surface area contributed by atoms with E-state index in [-0.39, 0.29) is 9.13 Å². The summed E-state index contributed by atoms with van der Waals surface area (Å²) in [6, 6.07) is 2.81. The van der Waals surface area contributed by atoms with Gasteiger partial charge in [0.2, 0.25) is 5.54 Å². The molecular formula is C11H8F4INO3. The van der Waals surface area contributed by atoms with Crippen molar-refractivity contribution in [2.75, 3.05) is 0 Å². The van der Waals surface area contributed by atoms with Crippen molar-refractivity contribution in [2.45, 2.75) is 18.6 Å². The Labute approximate surface area is 124 Å². The fourth-order valence-electron chi connectivity index (χ4n) is 1.21. The highest BCUT2D eigenvalue weighted by molar-refractivity contribution is 14.1.